The fraction of sp³-hybridized carbons (Fsp3) is 0.235. The van der Waals surface area contributed by atoms with Crippen LogP contribution in [-0.4, -0.2) is 20.7 Å². The number of benzene rings is 1. The van der Waals surface area contributed by atoms with Gasteiger partial charge >= 0.3 is 0 Å². The van der Waals surface area contributed by atoms with Gasteiger partial charge in [-0.25, -0.2) is 4.98 Å². The van der Waals surface area contributed by atoms with E-state index >= 15 is 0 Å². The molecule has 118 valence electrons. The number of thiazole rings is 1. The number of rotatable bonds is 4. The third-order valence-corrected chi connectivity index (χ3v) is 4.39. The van der Waals surface area contributed by atoms with Gasteiger partial charge in [0.2, 0.25) is 0 Å². The lowest BCUT2D eigenvalue weighted by atomic mass is 10.0. The van der Waals surface area contributed by atoms with Crippen LogP contribution in [0.5, 0.6) is 0 Å². The molecular formula is C17H18N4OS. The Kier molecular flexibility index (Phi) is 4.25. The average Bonchev–Trinajstić information content (AvgIpc) is 3.15. The molecule has 0 saturated carbocycles. The maximum atomic E-state index is 12.3. The largest absolute Gasteiger partial charge is 0.296 e. The van der Waals surface area contributed by atoms with Gasteiger partial charge in [0.05, 0.1) is 5.69 Å². The van der Waals surface area contributed by atoms with E-state index in [2.05, 4.69) is 47.4 Å². The van der Waals surface area contributed by atoms with Crippen molar-refractivity contribution in [2.24, 2.45) is 0 Å². The summed E-state index contributed by atoms with van der Waals surface area (Å²) in [5, 5.41) is 9.51. The van der Waals surface area contributed by atoms with Crippen LogP contribution in [0.2, 0.25) is 0 Å². The maximum absolute atomic E-state index is 12.3. The molecule has 3 rings (SSSR count). The van der Waals surface area contributed by atoms with E-state index in [4.69, 9.17) is 0 Å². The summed E-state index contributed by atoms with van der Waals surface area (Å²) >= 11 is 1.42. The number of nitrogens with one attached hydrogen (secondary N) is 1. The highest BCUT2D eigenvalue weighted by molar-refractivity contribution is 7.14. The van der Waals surface area contributed by atoms with E-state index in [0.29, 0.717) is 17.4 Å². The molecular weight excluding hydrogens is 308 g/mol. The van der Waals surface area contributed by atoms with Crippen molar-refractivity contribution in [2.45, 2.75) is 27.3 Å². The molecule has 23 heavy (non-hydrogen) atoms. The highest BCUT2D eigenvalue weighted by atomic mass is 32.1. The summed E-state index contributed by atoms with van der Waals surface area (Å²) in [4.78, 5) is 16.8. The molecule has 2 aromatic heterocycles. The second-order valence-corrected chi connectivity index (χ2v) is 6.20. The minimum absolute atomic E-state index is 0.189. The molecule has 0 aliphatic rings. The maximum Gasteiger partial charge on any atom is 0.275 e. The van der Waals surface area contributed by atoms with E-state index in [-0.39, 0.29) is 5.91 Å². The number of carbonyl (C=O) groups is 1. The molecule has 5 nitrogen and oxygen atoms in total. The number of aromatic nitrogens is 3. The predicted octanol–water partition coefficient (Wildman–Crippen LogP) is 3.90. The van der Waals surface area contributed by atoms with Crippen LogP contribution in [0, 0.1) is 13.8 Å². The van der Waals surface area contributed by atoms with E-state index < -0.39 is 0 Å². The average molecular weight is 326 g/mol. The number of nitrogens with zero attached hydrogens (tertiary/aromatic N) is 3. The molecule has 3 aromatic rings. The smallest absolute Gasteiger partial charge is 0.275 e. The van der Waals surface area contributed by atoms with Crippen LogP contribution < -0.4 is 5.32 Å². The van der Waals surface area contributed by atoms with Gasteiger partial charge in [0, 0.05) is 23.7 Å². The normalized spacial score (nSPS) is 10.7. The van der Waals surface area contributed by atoms with Crippen molar-refractivity contribution in [1.29, 1.82) is 0 Å². The zero-order valence-corrected chi connectivity index (χ0v) is 14.1. The molecule has 0 spiro atoms. The standard InChI is InChI=1S/C17H18N4OS/c1-4-21-15(7-8-18-21)16(22)20-17-19-14(10-23-17)13-6-5-11(2)9-12(13)3/h5-10H,4H2,1-3H3,(H,19,20,22). The Bertz CT molecular complexity index is 850. The summed E-state index contributed by atoms with van der Waals surface area (Å²) in [6.45, 7) is 6.74. The fourth-order valence-electron chi connectivity index (χ4n) is 2.49. The first-order valence-corrected chi connectivity index (χ1v) is 8.32. The van der Waals surface area contributed by atoms with E-state index in [1.54, 1.807) is 16.9 Å². The zero-order valence-electron chi connectivity index (χ0n) is 13.3. The van der Waals surface area contributed by atoms with Gasteiger partial charge in [-0.3, -0.25) is 14.8 Å². The molecule has 1 N–H and O–H groups in total. The first kappa shape index (κ1) is 15.4. The van der Waals surface area contributed by atoms with E-state index in [1.165, 1.54) is 22.5 Å². The molecule has 1 aromatic carbocycles. The van der Waals surface area contributed by atoms with Crippen LogP contribution in [0.1, 0.15) is 28.5 Å². The third-order valence-electron chi connectivity index (χ3n) is 3.63. The molecule has 0 bridgehead atoms. The van der Waals surface area contributed by atoms with Crippen molar-refractivity contribution < 1.29 is 4.79 Å². The molecule has 0 saturated heterocycles. The Hall–Kier alpha value is -2.47. The fourth-order valence-corrected chi connectivity index (χ4v) is 3.20. The third kappa shape index (κ3) is 3.17. The highest BCUT2D eigenvalue weighted by Gasteiger charge is 2.14. The highest BCUT2D eigenvalue weighted by Crippen LogP contribution is 2.28. The second-order valence-electron chi connectivity index (χ2n) is 5.34. The molecule has 6 heteroatoms. The Balaban J connectivity index is 1.81. The summed E-state index contributed by atoms with van der Waals surface area (Å²) in [6, 6.07) is 7.97. The molecule has 1 amide bonds. The van der Waals surface area contributed by atoms with Gasteiger partial charge < -0.3 is 0 Å². The molecule has 0 unspecified atom stereocenters. The van der Waals surface area contributed by atoms with Crippen molar-refractivity contribution in [2.75, 3.05) is 5.32 Å². The predicted molar refractivity (Wildman–Crippen MR) is 92.9 cm³/mol. The van der Waals surface area contributed by atoms with Crippen LogP contribution in [0.15, 0.2) is 35.8 Å². The monoisotopic (exact) mass is 326 g/mol. The van der Waals surface area contributed by atoms with Gasteiger partial charge in [-0.2, -0.15) is 5.10 Å². The molecule has 0 fully saturated rings. The van der Waals surface area contributed by atoms with Crippen LogP contribution in [0.4, 0.5) is 5.13 Å². The lowest BCUT2D eigenvalue weighted by Gasteiger charge is -2.05. The summed E-state index contributed by atoms with van der Waals surface area (Å²) in [5.74, 6) is -0.189. The van der Waals surface area contributed by atoms with E-state index in [9.17, 15) is 4.79 Å². The van der Waals surface area contributed by atoms with Crippen LogP contribution in [0.25, 0.3) is 11.3 Å². The number of hydrogen-bond acceptors (Lipinski definition) is 4. The van der Waals surface area contributed by atoms with Crippen molar-refractivity contribution in [3.05, 3.63) is 52.7 Å². The van der Waals surface area contributed by atoms with Gasteiger partial charge in [-0.05, 0) is 32.4 Å². The Morgan fingerprint density at radius 1 is 1.30 bits per heavy atom. The topological polar surface area (TPSA) is 59.8 Å². The van der Waals surface area contributed by atoms with Crippen molar-refractivity contribution in [3.8, 4) is 11.3 Å². The number of carbonyl (C=O) groups excluding carboxylic acids is 1. The van der Waals surface area contributed by atoms with E-state index in [1.807, 2.05) is 12.3 Å². The van der Waals surface area contributed by atoms with Crippen molar-refractivity contribution >= 4 is 22.4 Å². The minimum Gasteiger partial charge on any atom is -0.296 e. The van der Waals surface area contributed by atoms with Gasteiger partial charge in [0.15, 0.2) is 5.13 Å². The Morgan fingerprint density at radius 2 is 2.13 bits per heavy atom. The summed E-state index contributed by atoms with van der Waals surface area (Å²) in [5.41, 5.74) is 4.91. The first-order chi connectivity index (χ1) is 11.1. The Morgan fingerprint density at radius 3 is 2.87 bits per heavy atom. The number of anilines is 1. The lowest BCUT2D eigenvalue weighted by molar-refractivity contribution is 0.101. The molecule has 0 atom stereocenters. The quantitative estimate of drug-likeness (QED) is 0.791. The van der Waals surface area contributed by atoms with Gasteiger partial charge in [0.25, 0.3) is 5.91 Å². The first-order valence-electron chi connectivity index (χ1n) is 7.45. The number of hydrogen-bond donors (Lipinski definition) is 1. The minimum atomic E-state index is -0.189. The van der Waals surface area contributed by atoms with Crippen LogP contribution >= 0.6 is 11.3 Å². The molecule has 2 heterocycles. The summed E-state index contributed by atoms with van der Waals surface area (Å²) < 4.78 is 1.66. The molecule has 0 aliphatic heterocycles. The summed E-state index contributed by atoms with van der Waals surface area (Å²) in [7, 11) is 0. The van der Waals surface area contributed by atoms with Gasteiger partial charge in [-0.1, -0.05) is 23.8 Å². The SMILES string of the molecule is CCn1nccc1C(=O)Nc1nc(-c2ccc(C)cc2C)cs1. The van der Waals surface area contributed by atoms with Crippen molar-refractivity contribution in [1.82, 2.24) is 14.8 Å². The molecule has 0 radical (unpaired) electrons. The number of amides is 1. The second kappa shape index (κ2) is 6.34. The lowest BCUT2D eigenvalue weighted by Crippen LogP contribution is -2.17. The zero-order chi connectivity index (χ0) is 16.4. The van der Waals surface area contributed by atoms with Crippen molar-refractivity contribution in [3.63, 3.8) is 0 Å². The molecule has 0 aliphatic carbocycles. The van der Waals surface area contributed by atoms with Gasteiger partial charge in [0.1, 0.15) is 5.69 Å². The van der Waals surface area contributed by atoms with Crippen LogP contribution in [0.3, 0.4) is 0 Å². The van der Waals surface area contributed by atoms with Crippen LogP contribution in [-0.2, 0) is 6.54 Å². The summed E-state index contributed by atoms with van der Waals surface area (Å²) in [6.07, 6.45) is 1.63. The van der Waals surface area contributed by atoms with E-state index in [0.717, 1.165) is 11.3 Å². The Labute approximate surface area is 139 Å². The van der Waals surface area contributed by atoms with Gasteiger partial charge in [-0.15, -0.1) is 11.3 Å². The number of aryl methyl sites for hydroxylation is 3.